The molecule has 1 amide bonds. The van der Waals surface area contributed by atoms with Crippen LogP contribution in [0.15, 0.2) is 18.3 Å². The minimum absolute atomic E-state index is 0.159. The van der Waals surface area contributed by atoms with E-state index in [0.717, 1.165) is 6.07 Å². The third-order valence-electron chi connectivity index (χ3n) is 2.99. The minimum atomic E-state index is -0.915. The number of nitrogens with zero attached hydrogens (tertiary/aromatic N) is 1. The summed E-state index contributed by atoms with van der Waals surface area (Å²) in [6, 6.07) is 2.48. The van der Waals surface area contributed by atoms with Crippen LogP contribution in [0.3, 0.4) is 0 Å². The van der Waals surface area contributed by atoms with Gasteiger partial charge in [0, 0.05) is 38.8 Å². The van der Waals surface area contributed by atoms with Crippen molar-refractivity contribution in [1.82, 2.24) is 10.3 Å². The Morgan fingerprint density at radius 3 is 2.83 bits per heavy atom. The van der Waals surface area contributed by atoms with Gasteiger partial charge >= 0.3 is 0 Å². The van der Waals surface area contributed by atoms with Crippen LogP contribution in [-0.4, -0.2) is 41.4 Å². The van der Waals surface area contributed by atoms with E-state index in [4.69, 9.17) is 4.74 Å². The van der Waals surface area contributed by atoms with Crippen LogP contribution in [0.5, 0.6) is 0 Å². The number of ether oxygens (including phenoxy) is 1. The van der Waals surface area contributed by atoms with E-state index in [2.05, 4.69) is 10.3 Å². The van der Waals surface area contributed by atoms with Gasteiger partial charge in [-0.15, -0.1) is 0 Å². The van der Waals surface area contributed by atoms with Crippen molar-refractivity contribution in [3.05, 3.63) is 29.8 Å². The standard InChI is InChI=1S/C12H15FN2O3/c13-10-2-1-9(7-14-10)11(16)15-8-12(17)3-5-18-6-4-12/h1-2,7,17H,3-6,8H2,(H,15,16). The number of nitrogens with one attached hydrogen (secondary N) is 1. The van der Waals surface area contributed by atoms with Gasteiger partial charge in [-0.1, -0.05) is 0 Å². The van der Waals surface area contributed by atoms with Gasteiger partial charge in [0.1, 0.15) is 0 Å². The number of hydrogen-bond acceptors (Lipinski definition) is 4. The summed E-state index contributed by atoms with van der Waals surface area (Å²) in [5.74, 6) is -1.00. The van der Waals surface area contributed by atoms with Crippen LogP contribution in [0.25, 0.3) is 0 Å². The maximum Gasteiger partial charge on any atom is 0.252 e. The van der Waals surface area contributed by atoms with Crippen molar-refractivity contribution >= 4 is 5.91 Å². The fraction of sp³-hybridized carbons (Fsp3) is 0.500. The van der Waals surface area contributed by atoms with Gasteiger partial charge in [0.15, 0.2) is 0 Å². The summed E-state index contributed by atoms with van der Waals surface area (Å²) in [4.78, 5) is 15.1. The number of rotatable bonds is 3. The molecule has 0 aromatic carbocycles. The Morgan fingerprint density at radius 2 is 2.22 bits per heavy atom. The fourth-order valence-electron chi connectivity index (χ4n) is 1.79. The summed E-state index contributed by atoms with van der Waals surface area (Å²) < 4.78 is 17.7. The monoisotopic (exact) mass is 254 g/mol. The maximum absolute atomic E-state index is 12.6. The molecular formula is C12H15FN2O3. The number of carbonyl (C=O) groups excluding carboxylic acids is 1. The van der Waals surface area contributed by atoms with Crippen molar-refractivity contribution in [3.63, 3.8) is 0 Å². The van der Waals surface area contributed by atoms with Crippen LogP contribution in [0.1, 0.15) is 23.2 Å². The molecule has 2 rings (SSSR count). The molecule has 0 spiro atoms. The van der Waals surface area contributed by atoms with Gasteiger partial charge in [0.25, 0.3) is 5.91 Å². The number of hydrogen-bond donors (Lipinski definition) is 2. The first kappa shape index (κ1) is 12.9. The largest absolute Gasteiger partial charge is 0.388 e. The van der Waals surface area contributed by atoms with Gasteiger partial charge in [0.2, 0.25) is 5.95 Å². The average molecular weight is 254 g/mol. The third-order valence-corrected chi connectivity index (χ3v) is 2.99. The highest BCUT2D eigenvalue weighted by Gasteiger charge is 2.30. The van der Waals surface area contributed by atoms with E-state index in [1.165, 1.54) is 12.3 Å². The van der Waals surface area contributed by atoms with Crippen LogP contribution in [0.2, 0.25) is 0 Å². The number of aromatic nitrogens is 1. The first-order valence-corrected chi connectivity index (χ1v) is 5.79. The number of carbonyl (C=O) groups is 1. The Balaban J connectivity index is 1.89. The molecule has 0 atom stereocenters. The molecule has 1 aromatic heterocycles. The molecule has 6 heteroatoms. The second-order valence-corrected chi connectivity index (χ2v) is 4.39. The lowest BCUT2D eigenvalue weighted by Crippen LogP contribution is -2.46. The maximum atomic E-state index is 12.6. The van der Waals surface area contributed by atoms with E-state index in [-0.39, 0.29) is 18.0 Å². The van der Waals surface area contributed by atoms with Crippen molar-refractivity contribution < 1.29 is 19.0 Å². The van der Waals surface area contributed by atoms with Crippen LogP contribution in [0, 0.1) is 5.95 Å². The van der Waals surface area contributed by atoms with Crippen molar-refractivity contribution in [2.75, 3.05) is 19.8 Å². The molecule has 1 fully saturated rings. The molecule has 0 aliphatic carbocycles. The zero-order valence-corrected chi connectivity index (χ0v) is 9.86. The van der Waals surface area contributed by atoms with E-state index < -0.39 is 11.5 Å². The number of aliphatic hydroxyl groups is 1. The molecule has 1 aliphatic heterocycles. The molecule has 2 N–H and O–H groups in total. The van der Waals surface area contributed by atoms with Crippen LogP contribution in [-0.2, 0) is 4.74 Å². The quantitative estimate of drug-likeness (QED) is 0.770. The SMILES string of the molecule is O=C(NCC1(O)CCOCC1)c1ccc(F)nc1. The summed E-state index contributed by atoms with van der Waals surface area (Å²) in [7, 11) is 0. The molecule has 0 saturated carbocycles. The topological polar surface area (TPSA) is 71.5 Å². The smallest absolute Gasteiger partial charge is 0.252 e. The molecule has 0 radical (unpaired) electrons. The van der Waals surface area contributed by atoms with Crippen LogP contribution in [0.4, 0.5) is 4.39 Å². The molecule has 0 unspecified atom stereocenters. The Labute approximate surface area is 104 Å². The zero-order chi connectivity index (χ0) is 13.0. The van der Waals surface area contributed by atoms with Crippen molar-refractivity contribution in [2.45, 2.75) is 18.4 Å². The van der Waals surface area contributed by atoms with Gasteiger partial charge in [0.05, 0.1) is 11.2 Å². The highest BCUT2D eigenvalue weighted by molar-refractivity contribution is 5.93. The molecule has 1 aliphatic rings. The van der Waals surface area contributed by atoms with Gasteiger partial charge in [-0.05, 0) is 12.1 Å². The number of pyridine rings is 1. The number of halogens is 1. The Morgan fingerprint density at radius 1 is 1.50 bits per heavy atom. The van der Waals surface area contributed by atoms with Crippen molar-refractivity contribution in [1.29, 1.82) is 0 Å². The first-order valence-electron chi connectivity index (χ1n) is 5.79. The van der Waals surface area contributed by atoms with Gasteiger partial charge in [-0.25, -0.2) is 4.98 Å². The Hall–Kier alpha value is -1.53. The van der Waals surface area contributed by atoms with E-state index in [1.54, 1.807) is 0 Å². The minimum Gasteiger partial charge on any atom is -0.388 e. The zero-order valence-electron chi connectivity index (χ0n) is 9.86. The molecule has 0 bridgehead atoms. The van der Waals surface area contributed by atoms with E-state index in [9.17, 15) is 14.3 Å². The fourth-order valence-corrected chi connectivity index (χ4v) is 1.79. The Kier molecular flexibility index (Phi) is 3.88. The molecule has 98 valence electrons. The summed E-state index contributed by atoms with van der Waals surface area (Å²) in [6.07, 6.45) is 2.16. The number of amides is 1. The lowest BCUT2D eigenvalue weighted by atomic mass is 9.94. The van der Waals surface area contributed by atoms with E-state index in [1.807, 2.05) is 0 Å². The van der Waals surface area contributed by atoms with Crippen molar-refractivity contribution in [2.24, 2.45) is 0 Å². The molecule has 1 saturated heterocycles. The van der Waals surface area contributed by atoms with Crippen molar-refractivity contribution in [3.8, 4) is 0 Å². The lowest BCUT2D eigenvalue weighted by Gasteiger charge is -2.32. The third kappa shape index (κ3) is 3.24. The van der Waals surface area contributed by atoms with Gasteiger partial charge in [-0.3, -0.25) is 4.79 Å². The second kappa shape index (κ2) is 5.41. The van der Waals surface area contributed by atoms with Gasteiger partial charge < -0.3 is 15.2 Å². The molecule has 18 heavy (non-hydrogen) atoms. The molecule has 1 aromatic rings. The van der Waals surface area contributed by atoms with Crippen LogP contribution < -0.4 is 5.32 Å². The average Bonchev–Trinajstić information content (AvgIpc) is 2.38. The summed E-state index contributed by atoms with van der Waals surface area (Å²) in [6.45, 7) is 1.14. The summed E-state index contributed by atoms with van der Waals surface area (Å²) in [5, 5.41) is 12.8. The normalized spacial score (nSPS) is 18.3. The molecular weight excluding hydrogens is 239 g/mol. The summed E-state index contributed by atoms with van der Waals surface area (Å²) in [5.41, 5.74) is -0.645. The lowest BCUT2D eigenvalue weighted by molar-refractivity contribution is -0.0605. The highest BCUT2D eigenvalue weighted by Crippen LogP contribution is 2.19. The molecule has 5 nitrogen and oxygen atoms in total. The van der Waals surface area contributed by atoms with Crippen LogP contribution >= 0.6 is 0 Å². The molecule has 2 heterocycles. The second-order valence-electron chi connectivity index (χ2n) is 4.39. The predicted octanol–water partition coefficient (Wildman–Crippen LogP) is 0.492. The predicted molar refractivity (Wildman–Crippen MR) is 61.5 cm³/mol. The first-order chi connectivity index (χ1) is 8.59. The summed E-state index contributed by atoms with van der Waals surface area (Å²) >= 11 is 0. The van der Waals surface area contributed by atoms with Gasteiger partial charge in [-0.2, -0.15) is 4.39 Å². The Bertz CT molecular complexity index is 416. The highest BCUT2D eigenvalue weighted by atomic mass is 19.1. The van der Waals surface area contributed by atoms with E-state index >= 15 is 0 Å². The van der Waals surface area contributed by atoms with E-state index in [0.29, 0.717) is 26.1 Å².